The summed E-state index contributed by atoms with van der Waals surface area (Å²) < 4.78 is 14.6. The van der Waals surface area contributed by atoms with E-state index in [4.69, 9.17) is 0 Å². The van der Waals surface area contributed by atoms with Crippen LogP contribution in [-0.4, -0.2) is 49.0 Å². The highest BCUT2D eigenvalue weighted by atomic mass is 127. The average molecular weight is 541 g/mol. The van der Waals surface area contributed by atoms with Gasteiger partial charge in [0.2, 0.25) is 5.91 Å². The Kier molecular flexibility index (Phi) is 10.4. The van der Waals surface area contributed by atoms with Gasteiger partial charge in [-0.1, -0.05) is 22.9 Å². The first-order valence-electron chi connectivity index (χ1n) is 8.80. The third-order valence-electron chi connectivity index (χ3n) is 4.19. The van der Waals surface area contributed by atoms with Crippen molar-refractivity contribution < 1.29 is 9.18 Å². The molecule has 2 rings (SSSR count). The Bertz CT molecular complexity index is 629. The first kappa shape index (κ1) is 23.1. The topological polar surface area (TPSA) is 56.7 Å². The van der Waals surface area contributed by atoms with Crippen molar-refractivity contribution in [2.75, 3.05) is 26.2 Å². The van der Waals surface area contributed by atoms with Crippen LogP contribution in [-0.2, 0) is 11.2 Å². The number of guanidine groups is 1. The predicted octanol–water partition coefficient (Wildman–Crippen LogP) is 3.31. The molecule has 1 saturated heterocycles. The second kappa shape index (κ2) is 11.7. The van der Waals surface area contributed by atoms with E-state index in [2.05, 4.69) is 31.6 Å². The minimum absolute atomic E-state index is 0. The number of carbonyl (C=O) groups is 1. The summed E-state index contributed by atoms with van der Waals surface area (Å²) in [6, 6.07) is 5.15. The molecule has 0 saturated carbocycles. The van der Waals surface area contributed by atoms with Crippen molar-refractivity contribution in [3.8, 4) is 0 Å². The zero-order valence-corrected chi connectivity index (χ0v) is 19.1. The van der Waals surface area contributed by atoms with E-state index in [0.29, 0.717) is 37.5 Å². The number of benzene rings is 1. The highest BCUT2D eigenvalue weighted by molar-refractivity contribution is 14.0. The molecule has 1 unspecified atom stereocenters. The summed E-state index contributed by atoms with van der Waals surface area (Å²) in [4.78, 5) is 18.2. The molecule has 0 bridgehead atoms. The van der Waals surface area contributed by atoms with Crippen LogP contribution in [0.1, 0.15) is 32.3 Å². The normalized spacial score (nSPS) is 17.0. The molecule has 1 atom stereocenters. The van der Waals surface area contributed by atoms with Crippen molar-refractivity contribution in [2.24, 2.45) is 4.99 Å². The summed E-state index contributed by atoms with van der Waals surface area (Å²) in [5.41, 5.74) is 0.648. The van der Waals surface area contributed by atoms with Gasteiger partial charge in [-0.2, -0.15) is 0 Å². The van der Waals surface area contributed by atoms with Crippen molar-refractivity contribution in [2.45, 2.75) is 39.2 Å². The molecule has 1 aliphatic rings. The van der Waals surface area contributed by atoms with Gasteiger partial charge < -0.3 is 15.5 Å². The summed E-state index contributed by atoms with van der Waals surface area (Å²) in [6.45, 7) is 6.63. The van der Waals surface area contributed by atoms with Crippen LogP contribution in [0.2, 0.25) is 0 Å². The molecule has 5 nitrogen and oxygen atoms in total. The fourth-order valence-electron chi connectivity index (χ4n) is 2.86. The van der Waals surface area contributed by atoms with Crippen LogP contribution in [0.15, 0.2) is 27.7 Å². The number of hydrogen-bond donors (Lipinski definition) is 2. The molecule has 0 spiro atoms. The van der Waals surface area contributed by atoms with Gasteiger partial charge in [-0.3, -0.25) is 9.79 Å². The fraction of sp³-hybridized carbons (Fsp3) is 0.556. The molecular formula is C18H27BrFIN4O. The van der Waals surface area contributed by atoms with E-state index in [1.807, 2.05) is 18.7 Å². The van der Waals surface area contributed by atoms with Gasteiger partial charge >= 0.3 is 0 Å². The van der Waals surface area contributed by atoms with Gasteiger partial charge in [0.15, 0.2) is 5.96 Å². The lowest BCUT2D eigenvalue weighted by atomic mass is 10.1. The van der Waals surface area contributed by atoms with Crippen molar-refractivity contribution in [3.05, 3.63) is 34.1 Å². The summed E-state index contributed by atoms with van der Waals surface area (Å²) in [7, 11) is 0. The van der Waals surface area contributed by atoms with Gasteiger partial charge in [0.05, 0.1) is 0 Å². The van der Waals surface area contributed by atoms with E-state index < -0.39 is 0 Å². The Morgan fingerprint density at radius 3 is 2.88 bits per heavy atom. The van der Waals surface area contributed by atoms with Gasteiger partial charge in [-0.15, -0.1) is 24.0 Å². The maximum Gasteiger partial charge on any atom is 0.222 e. The minimum atomic E-state index is -0.208. The minimum Gasteiger partial charge on any atom is -0.357 e. The maximum atomic E-state index is 13.8. The number of carbonyl (C=O) groups excluding carboxylic acids is 1. The largest absolute Gasteiger partial charge is 0.357 e. The van der Waals surface area contributed by atoms with E-state index in [1.54, 1.807) is 12.1 Å². The molecule has 1 heterocycles. The number of amides is 1. The van der Waals surface area contributed by atoms with E-state index in [9.17, 15) is 9.18 Å². The van der Waals surface area contributed by atoms with E-state index in [1.165, 1.54) is 6.07 Å². The SMILES string of the molecule is CCNC(=NCCc1cc(Br)ccc1F)NC1CCN(C(=O)CC)C1.I. The summed E-state index contributed by atoms with van der Waals surface area (Å²) >= 11 is 3.36. The molecule has 146 valence electrons. The first-order valence-corrected chi connectivity index (χ1v) is 9.59. The molecule has 8 heteroatoms. The summed E-state index contributed by atoms with van der Waals surface area (Å²) in [6.07, 6.45) is 1.99. The number of hydrogen-bond acceptors (Lipinski definition) is 2. The Labute approximate surface area is 180 Å². The molecule has 0 aromatic heterocycles. The highest BCUT2D eigenvalue weighted by Crippen LogP contribution is 2.16. The molecule has 26 heavy (non-hydrogen) atoms. The van der Waals surface area contributed by atoms with Crippen LogP contribution < -0.4 is 10.6 Å². The lowest BCUT2D eigenvalue weighted by molar-refractivity contribution is -0.129. The number of nitrogens with one attached hydrogen (secondary N) is 2. The Hall–Kier alpha value is -0.900. The number of aliphatic imine (C=N–C) groups is 1. The first-order chi connectivity index (χ1) is 12.0. The number of likely N-dealkylation sites (tertiary alicyclic amines) is 1. The molecule has 1 amide bonds. The zero-order chi connectivity index (χ0) is 18.2. The molecule has 1 aromatic carbocycles. The highest BCUT2D eigenvalue weighted by Gasteiger charge is 2.25. The molecule has 2 N–H and O–H groups in total. The third kappa shape index (κ3) is 7.02. The lowest BCUT2D eigenvalue weighted by Gasteiger charge is -2.18. The van der Waals surface area contributed by atoms with Crippen molar-refractivity contribution >= 4 is 51.8 Å². The standard InChI is InChI=1S/C18H26BrFN4O.HI/c1-3-17(25)24-10-8-15(12-24)23-18(21-4-2)22-9-7-13-11-14(19)5-6-16(13)20;/h5-6,11,15H,3-4,7-10,12H2,1-2H3,(H2,21,22,23);1H. The molecule has 0 aliphatic carbocycles. The van der Waals surface area contributed by atoms with Crippen molar-refractivity contribution in [3.63, 3.8) is 0 Å². The number of halogens is 3. The smallest absolute Gasteiger partial charge is 0.222 e. The third-order valence-corrected chi connectivity index (χ3v) is 4.68. The van der Waals surface area contributed by atoms with Crippen LogP contribution in [0.4, 0.5) is 4.39 Å². The van der Waals surface area contributed by atoms with Crippen molar-refractivity contribution in [1.82, 2.24) is 15.5 Å². The lowest BCUT2D eigenvalue weighted by Crippen LogP contribution is -2.45. The zero-order valence-electron chi connectivity index (χ0n) is 15.2. The van der Waals surface area contributed by atoms with E-state index in [0.717, 1.165) is 24.0 Å². The predicted molar refractivity (Wildman–Crippen MR) is 118 cm³/mol. The molecule has 1 aromatic rings. The van der Waals surface area contributed by atoms with Gasteiger partial charge in [-0.25, -0.2) is 4.39 Å². The Morgan fingerprint density at radius 2 is 2.19 bits per heavy atom. The number of nitrogens with zero attached hydrogens (tertiary/aromatic N) is 2. The Morgan fingerprint density at radius 1 is 1.42 bits per heavy atom. The molecule has 1 fully saturated rings. The second-order valence-corrected chi connectivity index (χ2v) is 6.99. The maximum absolute atomic E-state index is 13.8. The fourth-order valence-corrected chi connectivity index (χ4v) is 3.27. The van der Waals surface area contributed by atoms with Crippen LogP contribution in [0.25, 0.3) is 0 Å². The van der Waals surface area contributed by atoms with Crippen LogP contribution >= 0.6 is 39.9 Å². The van der Waals surface area contributed by atoms with Gasteiger partial charge in [0.25, 0.3) is 0 Å². The van der Waals surface area contributed by atoms with E-state index in [-0.39, 0.29) is 41.7 Å². The van der Waals surface area contributed by atoms with Gasteiger partial charge in [0.1, 0.15) is 5.82 Å². The summed E-state index contributed by atoms with van der Waals surface area (Å²) in [5.74, 6) is 0.700. The quantitative estimate of drug-likeness (QED) is 0.331. The molecular weight excluding hydrogens is 514 g/mol. The summed E-state index contributed by atoms with van der Waals surface area (Å²) in [5, 5.41) is 6.59. The van der Waals surface area contributed by atoms with E-state index >= 15 is 0 Å². The van der Waals surface area contributed by atoms with Crippen molar-refractivity contribution in [1.29, 1.82) is 0 Å². The average Bonchev–Trinajstić information content (AvgIpc) is 3.06. The van der Waals surface area contributed by atoms with Crippen LogP contribution in [0, 0.1) is 5.82 Å². The van der Waals surface area contributed by atoms with Gasteiger partial charge in [0, 0.05) is 43.1 Å². The number of rotatable bonds is 6. The molecule has 0 radical (unpaired) electrons. The van der Waals surface area contributed by atoms with Gasteiger partial charge in [-0.05, 0) is 43.5 Å². The molecule has 1 aliphatic heterocycles. The monoisotopic (exact) mass is 540 g/mol. The van der Waals surface area contributed by atoms with Crippen LogP contribution in [0.3, 0.4) is 0 Å². The Balaban J connectivity index is 0.00000338. The van der Waals surface area contributed by atoms with Crippen LogP contribution in [0.5, 0.6) is 0 Å². The second-order valence-electron chi connectivity index (χ2n) is 6.07.